The molecule has 0 aliphatic heterocycles. The summed E-state index contributed by atoms with van der Waals surface area (Å²) in [6.45, 7) is 5.26. The molecule has 0 aliphatic carbocycles. The van der Waals surface area contributed by atoms with E-state index in [-0.39, 0.29) is 17.5 Å². The van der Waals surface area contributed by atoms with Crippen molar-refractivity contribution >= 4 is 29.3 Å². The Balaban J connectivity index is 1.63. The highest BCUT2D eigenvalue weighted by molar-refractivity contribution is 6.00. The molecule has 3 N–H and O–H groups in total. The molecule has 10 heteroatoms. The molecular formula is C24H25FN4O5. The zero-order chi connectivity index (χ0) is 24.8. The van der Waals surface area contributed by atoms with Crippen molar-refractivity contribution in [2.24, 2.45) is 5.92 Å². The summed E-state index contributed by atoms with van der Waals surface area (Å²) < 4.78 is 23.1. The molecule has 0 aliphatic rings. The van der Waals surface area contributed by atoms with Crippen LogP contribution in [-0.2, 0) is 9.53 Å². The number of nitrogens with one attached hydrogen (secondary N) is 3. The number of carbonyl (C=O) groups is 3. The fourth-order valence-electron chi connectivity index (χ4n) is 3.13. The number of esters is 1. The maximum atomic E-state index is 13.2. The molecule has 9 nitrogen and oxygen atoms in total. The van der Waals surface area contributed by atoms with Crippen molar-refractivity contribution in [1.82, 2.24) is 10.5 Å². The van der Waals surface area contributed by atoms with Gasteiger partial charge in [-0.2, -0.15) is 0 Å². The summed E-state index contributed by atoms with van der Waals surface area (Å²) in [6, 6.07) is 11.0. The number of ether oxygens (including phenoxy) is 1. The van der Waals surface area contributed by atoms with E-state index in [1.54, 1.807) is 45.0 Å². The molecule has 0 saturated carbocycles. The van der Waals surface area contributed by atoms with Gasteiger partial charge in [-0.1, -0.05) is 31.1 Å². The largest absolute Gasteiger partial charge is 0.467 e. The van der Waals surface area contributed by atoms with Crippen molar-refractivity contribution in [3.05, 3.63) is 65.7 Å². The normalized spacial score (nSPS) is 11.6. The zero-order valence-corrected chi connectivity index (χ0v) is 19.1. The van der Waals surface area contributed by atoms with Gasteiger partial charge in [0.15, 0.2) is 0 Å². The molecule has 34 heavy (non-hydrogen) atoms. The average molecular weight is 468 g/mol. The van der Waals surface area contributed by atoms with E-state index in [1.165, 1.54) is 31.4 Å². The van der Waals surface area contributed by atoms with E-state index in [4.69, 9.17) is 9.26 Å². The van der Waals surface area contributed by atoms with Crippen molar-refractivity contribution in [3.63, 3.8) is 0 Å². The number of amides is 3. The number of urea groups is 1. The lowest BCUT2D eigenvalue weighted by Crippen LogP contribution is -2.44. The quantitative estimate of drug-likeness (QED) is 0.443. The fraction of sp³-hybridized carbons (Fsp3) is 0.250. The molecule has 3 amide bonds. The molecule has 178 valence electrons. The molecule has 1 unspecified atom stereocenters. The van der Waals surface area contributed by atoms with Crippen LogP contribution in [0.4, 0.5) is 20.6 Å². The molecule has 1 aromatic heterocycles. The first-order valence-electron chi connectivity index (χ1n) is 10.5. The number of hydrogen-bond donors (Lipinski definition) is 3. The third-order valence-electron chi connectivity index (χ3n) is 5.02. The number of halogens is 1. The van der Waals surface area contributed by atoms with Crippen LogP contribution < -0.4 is 16.0 Å². The minimum absolute atomic E-state index is 0.0548. The van der Waals surface area contributed by atoms with Crippen molar-refractivity contribution in [2.45, 2.75) is 26.8 Å². The van der Waals surface area contributed by atoms with Gasteiger partial charge in [-0.05, 0) is 48.7 Å². The Morgan fingerprint density at radius 3 is 2.35 bits per heavy atom. The van der Waals surface area contributed by atoms with Crippen LogP contribution >= 0.6 is 0 Å². The van der Waals surface area contributed by atoms with Crippen LogP contribution in [0.1, 0.15) is 30.0 Å². The number of rotatable bonds is 7. The van der Waals surface area contributed by atoms with Gasteiger partial charge in [0, 0.05) is 23.0 Å². The Morgan fingerprint density at radius 1 is 1.03 bits per heavy atom. The highest BCUT2D eigenvalue weighted by atomic mass is 19.1. The van der Waals surface area contributed by atoms with Crippen LogP contribution in [0.3, 0.4) is 0 Å². The summed E-state index contributed by atoms with van der Waals surface area (Å²) in [5, 5.41) is 11.8. The van der Waals surface area contributed by atoms with Gasteiger partial charge in [0.05, 0.1) is 7.11 Å². The molecule has 2 aromatic carbocycles. The van der Waals surface area contributed by atoms with Crippen molar-refractivity contribution in [3.8, 4) is 11.3 Å². The number of carbonyl (C=O) groups excluding carboxylic acids is 3. The third-order valence-corrected chi connectivity index (χ3v) is 5.02. The minimum Gasteiger partial charge on any atom is -0.467 e. The Kier molecular flexibility index (Phi) is 7.62. The van der Waals surface area contributed by atoms with Crippen LogP contribution in [-0.4, -0.2) is 36.2 Å². The van der Waals surface area contributed by atoms with E-state index in [0.29, 0.717) is 28.2 Å². The van der Waals surface area contributed by atoms with Gasteiger partial charge in [-0.25, -0.2) is 14.0 Å². The number of aryl methyl sites for hydroxylation is 1. The summed E-state index contributed by atoms with van der Waals surface area (Å²) in [5.74, 6) is -1.75. The zero-order valence-electron chi connectivity index (χ0n) is 19.1. The molecule has 1 heterocycles. The number of hydrogen-bond acceptors (Lipinski definition) is 6. The van der Waals surface area contributed by atoms with E-state index in [1.807, 2.05) is 0 Å². The monoisotopic (exact) mass is 468 g/mol. The molecule has 0 spiro atoms. The summed E-state index contributed by atoms with van der Waals surface area (Å²) in [6.07, 6.45) is 0. The Bertz CT molecular complexity index is 1190. The van der Waals surface area contributed by atoms with Gasteiger partial charge in [-0.15, -0.1) is 0 Å². The first-order chi connectivity index (χ1) is 16.2. The Labute approximate surface area is 195 Å². The molecular weight excluding hydrogens is 443 g/mol. The number of nitrogens with zero attached hydrogens (tertiary/aromatic N) is 1. The second-order valence-corrected chi connectivity index (χ2v) is 7.91. The van der Waals surface area contributed by atoms with Crippen molar-refractivity contribution in [1.29, 1.82) is 0 Å². The maximum Gasteiger partial charge on any atom is 0.328 e. The second-order valence-electron chi connectivity index (χ2n) is 7.91. The van der Waals surface area contributed by atoms with Crippen LogP contribution in [0.5, 0.6) is 0 Å². The molecule has 0 bridgehead atoms. The highest BCUT2D eigenvalue weighted by Gasteiger charge is 2.27. The smallest absolute Gasteiger partial charge is 0.328 e. The van der Waals surface area contributed by atoms with E-state index in [0.717, 1.165) is 0 Å². The highest BCUT2D eigenvalue weighted by Crippen LogP contribution is 2.22. The van der Waals surface area contributed by atoms with E-state index >= 15 is 0 Å². The van der Waals surface area contributed by atoms with E-state index in [9.17, 15) is 18.8 Å². The minimum atomic E-state index is -0.818. The molecule has 0 fully saturated rings. The van der Waals surface area contributed by atoms with Crippen LogP contribution in [0.25, 0.3) is 11.3 Å². The summed E-state index contributed by atoms with van der Waals surface area (Å²) in [5.41, 5.74) is 2.66. The fourth-order valence-corrected chi connectivity index (χ4v) is 3.13. The number of aromatic nitrogens is 1. The Hall–Kier alpha value is -4.21. The molecule has 0 saturated heterocycles. The summed E-state index contributed by atoms with van der Waals surface area (Å²) in [4.78, 5) is 36.6. The van der Waals surface area contributed by atoms with Crippen LogP contribution in [0.15, 0.2) is 53.1 Å². The van der Waals surface area contributed by atoms with E-state index < -0.39 is 23.9 Å². The van der Waals surface area contributed by atoms with E-state index in [2.05, 4.69) is 21.1 Å². The summed E-state index contributed by atoms with van der Waals surface area (Å²) >= 11 is 0. The lowest BCUT2D eigenvalue weighted by molar-refractivity contribution is -0.144. The maximum absolute atomic E-state index is 13.2. The van der Waals surface area contributed by atoms with Crippen LogP contribution in [0, 0.1) is 18.7 Å². The number of benzene rings is 2. The first kappa shape index (κ1) is 24.4. The molecule has 3 aromatic rings. The predicted octanol–water partition coefficient (Wildman–Crippen LogP) is 4.36. The third kappa shape index (κ3) is 5.97. The van der Waals surface area contributed by atoms with Gasteiger partial charge < -0.3 is 25.2 Å². The van der Waals surface area contributed by atoms with Gasteiger partial charge in [-0.3, -0.25) is 4.79 Å². The topological polar surface area (TPSA) is 123 Å². The van der Waals surface area contributed by atoms with Gasteiger partial charge in [0.1, 0.15) is 17.6 Å². The average Bonchev–Trinajstić information content (AvgIpc) is 3.29. The number of anilines is 2. The molecule has 0 radical (unpaired) electrons. The summed E-state index contributed by atoms with van der Waals surface area (Å²) in [7, 11) is 1.25. The van der Waals surface area contributed by atoms with Crippen molar-refractivity contribution < 1.29 is 28.0 Å². The SMILES string of the molecule is COC(=O)C(NC(=O)c1cc(-c2ccc(NC(=O)Nc3ccc(F)cc3C)cc2)no1)C(C)C. The van der Waals surface area contributed by atoms with Crippen LogP contribution in [0.2, 0.25) is 0 Å². The molecule has 1 atom stereocenters. The predicted molar refractivity (Wildman–Crippen MR) is 124 cm³/mol. The lowest BCUT2D eigenvalue weighted by Gasteiger charge is -2.18. The Morgan fingerprint density at radius 2 is 1.74 bits per heavy atom. The first-order valence-corrected chi connectivity index (χ1v) is 10.5. The lowest BCUT2D eigenvalue weighted by atomic mass is 10.0. The van der Waals surface area contributed by atoms with Crippen molar-refractivity contribution in [2.75, 3.05) is 17.7 Å². The van der Waals surface area contributed by atoms with Gasteiger partial charge in [0.2, 0.25) is 5.76 Å². The molecule has 3 rings (SSSR count). The van der Waals surface area contributed by atoms with Gasteiger partial charge in [0.25, 0.3) is 5.91 Å². The number of methoxy groups -OCH3 is 1. The van der Waals surface area contributed by atoms with Gasteiger partial charge >= 0.3 is 12.0 Å². The standard InChI is InChI=1S/C24H25FN4O5/c1-13(2)21(23(31)33-4)28-22(30)20-12-19(29-34-20)15-5-8-17(9-6-15)26-24(32)27-18-10-7-16(25)11-14(18)3/h5-13,21H,1-4H3,(H,28,30)(H2,26,27,32). The second kappa shape index (κ2) is 10.6.